The number of hydrogen-bond acceptors (Lipinski definition) is 4. The third kappa shape index (κ3) is 7.14. The number of likely N-dealkylation sites (tertiary alicyclic amines) is 1. The molecule has 0 radical (unpaired) electrons. The zero-order valence-electron chi connectivity index (χ0n) is 22.9. The number of amides is 2. The van der Waals surface area contributed by atoms with E-state index in [9.17, 15) is 14.0 Å². The number of nitrogens with two attached hydrogens (primary N) is 1. The minimum atomic E-state index is -0.590. The third-order valence-corrected chi connectivity index (χ3v) is 8.33. The normalized spacial score (nSPS) is 22.8. The van der Waals surface area contributed by atoms with Gasteiger partial charge in [-0.3, -0.25) is 14.5 Å². The average molecular weight is 543 g/mol. The number of halogens is 1. The van der Waals surface area contributed by atoms with Gasteiger partial charge in [-0.15, -0.1) is 0 Å². The number of hydrogen-bond donors (Lipinski definition) is 2. The largest absolute Gasteiger partial charge is 0.352 e. The van der Waals surface area contributed by atoms with Crippen LogP contribution in [0.2, 0.25) is 0 Å². The maximum absolute atomic E-state index is 13.7. The molecule has 3 N–H and O–H groups in total. The predicted molar refractivity (Wildman–Crippen MR) is 155 cm³/mol. The Kier molecular flexibility index (Phi) is 9.24. The lowest BCUT2D eigenvalue weighted by atomic mass is 9.91. The van der Waals surface area contributed by atoms with Crippen molar-refractivity contribution in [3.8, 4) is 0 Å². The van der Waals surface area contributed by atoms with E-state index in [1.807, 2.05) is 36.4 Å². The maximum atomic E-state index is 13.7. The number of carbonyl (C=O) groups excluding carboxylic acids is 2. The summed E-state index contributed by atoms with van der Waals surface area (Å²) in [6.45, 7) is 1.97. The van der Waals surface area contributed by atoms with Crippen molar-refractivity contribution in [2.45, 2.75) is 69.2 Å². The molecule has 5 rings (SSSR count). The average Bonchev–Trinajstić information content (AvgIpc) is 3.43. The van der Waals surface area contributed by atoms with Crippen molar-refractivity contribution in [1.82, 2.24) is 15.1 Å². The van der Waals surface area contributed by atoms with Crippen molar-refractivity contribution >= 4 is 11.8 Å². The third-order valence-electron chi connectivity index (χ3n) is 8.33. The van der Waals surface area contributed by atoms with Crippen LogP contribution in [0.1, 0.15) is 53.6 Å². The van der Waals surface area contributed by atoms with Gasteiger partial charge in [0.15, 0.2) is 0 Å². The molecule has 2 aliphatic rings. The molecule has 40 heavy (non-hydrogen) atoms. The van der Waals surface area contributed by atoms with Gasteiger partial charge in [-0.05, 0) is 73.9 Å². The lowest BCUT2D eigenvalue weighted by molar-refractivity contribution is -0.125. The Morgan fingerprint density at radius 2 is 1.50 bits per heavy atom. The van der Waals surface area contributed by atoms with Gasteiger partial charge >= 0.3 is 0 Å². The SMILES string of the molecule is NC1CCC(NC(=O)C2CC(N(CCc3ccccc3)Cc3ccccc3)CN2C(=O)c2ccc(F)cc2)CC1. The molecule has 2 atom stereocenters. The van der Waals surface area contributed by atoms with E-state index < -0.39 is 11.9 Å². The number of rotatable bonds is 9. The lowest BCUT2D eigenvalue weighted by Gasteiger charge is -2.30. The number of nitrogens with one attached hydrogen (secondary N) is 1. The number of nitrogens with zero attached hydrogens (tertiary/aromatic N) is 2. The van der Waals surface area contributed by atoms with Gasteiger partial charge in [0.25, 0.3) is 5.91 Å². The summed E-state index contributed by atoms with van der Waals surface area (Å²) in [5, 5.41) is 3.23. The summed E-state index contributed by atoms with van der Waals surface area (Å²) in [5.41, 5.74) is 8.91. The minimum absolute atomic E-state index is 0.00356. The second-order valence-electron chi connectivity index (χ2n) is 11.2. The van der Waals surface area contributed by atoms with Crippen LogP contribution in [0.4, 0.5) is 4.39 Å². The topological polar surface area (TPSA) is 78.7 Å². The summed E-state index contributed by atoms with van der Waals surface area (Å²) >= 11 is 0. The van der Waals surface area contributed by atoms with Crippen LogP contribution in [0.3, 0.4) is 0 Å². The van der Waals surface area contributed by atoms with Crippen molar-refractivity contribution in [1.29, 1.82) is 0 Å². The Morgan fingerprint density at radius 1 is 0.875 bits per heavy atom. The molecule has 2 unspecified atom stereocenters. The zero-order valence-corrected chi connectivity index (χ0v) is 22.9. The Bertz CT molecular complexity index is 1250. The minimum Gasteiger partial charge on any atom is -0.352 e. The lowest BCUT2D eigenvalue weighted by Crippen LogP contribution is -2.50. The van der Waals surface area contributed by atoms with Crippen LogP contribution >= 0.6 is 0 Å². The fraction of sp³-hybridized carbons (Fsp3) is 0.394. The summed E-state index contributed by atoms with van der Waals surface area (Å²) in [7, 11) is 0. The summed E-state index contributed by atoms with van der Waals surface area (Å²) in [6, 6.07) is 26.0. The molecule has 6 nitrogen and oxygen atoms in total. The van der Waals surface area contributed by atoms with E-state index in [0.717, 1.165) is 45.2 Å². The first-order valence-electron chi connectivity index (χ1n) is 14.4. The molecule has 0 aromatic heterocycles. The maximum Gasteiger partial charge on any atom is 0.254 e. The molecule has 2 fully saturated rings. The van der Waals surface area contributed by atoms with Gasteiger partial charge in [0, 0.05) is 43.3 Å². The summed E-state index contributed by atoms with van der Waals surface area (Å²) < 4.78 is 13.6. The van der Waals surface area contributed by atoms with Crippen molar-refractivity contribution < 1.29 is 14.0 Å². The molecule has 7 heteroatoms. The van der Waals surface area contributed by atoms with Crippen LogP contribution in [0.25, 0.3) is 0 Å². The summed E-state index contributed by atoms with van der Waals surface area (Å²) in [6.07, 6.45) is 4.90. The first-order valence-corrected chi connectivity index (χ1v) is 14.4. The van der Waals surface area contributed by atoms with Crippen LogP contribution in [-0.4, -0.2) is 58.9 Å². The van der Waals surface area contributed by atoms with E-state index in [1.165, 1.54) is 35.4 Å². The molecule has 3 aromatic carbocycles. The second-order valence-corrected chi connectivity index (χ2v) is 11.2. The molecule has 2 amide bonds. The van der Waals surface area contributed by atoms with E-state index >= 15 is 0 Å². The quantitative estimate of drug-likeness (QED) is 0.416. The van der Waals surface area contributed by atoms with Crippen molar-refractivity contribution in [2.75, 3.05) is 13.1 Å². The van der Waals surface area contributed by atoms with Crippen LogP contribution in [0.5, 0.6) is 0 Å². The first kappa shape index (κ1) is 28.0. The number of carbonyl (C=O) groups is 2. The predicted octanol–water partition coefficient (Wildman–Crippen LogP) is 4.54. The van der Waals surface area contributed by atoms with Gasteiger partial charge < -0.3 is 16.0 Å². The Morgan fingerprint density at radius 3 is 2.15 bits per heavy atom. The molecule has 0 bridgehead atoms. The van der Waals surface area contributed by atoms with E-state index in [2.05, 4.69) is 34.5 Å². The van der Waals surface area contributed by atoms with Gasteiger partial charge in [-0.2, -0.15) is 0 Å². The molecule has 1 saturated heterocycles. The monoisotopic (exact) mass is 542 g/mol. The van der Waals surface area contributed by atoms with Gasteiger partial charge in [0.2, 0.25) is 5.91 Å². The van der Waals surface area contributed by atoms with Gasteiger partial charge in [-0.25, -0.2) is 4.39 Å². The fourth-order valence-corrected chi connectivity index (χ4v) is 6.00. The Labute approximate surface area is 236 Å². The molecular weight excluding hydrogens is 503 g/mol. The van der Waals surface area contributed by atoms with Crippen molar-refractivity contribution in [3.63, 3.8) is 0 Å². The Hall–Kier alpha value is -3.55. The molecule has 0 spiro atoms. The van der Waals surface area contributed by atoms with E-state index in [-0.39, 0.29) is 29.9 Å². The molecular formula is C33H39FN4O2. The molecule has 3 aromatic rings. The number of benzene rings is 3. The van der Waals surface area contributed by atoms with Crippen molar-refractivity contribution in [2.24, 2.45) is 5.73 Å². The summed E-state index contributed by atoms with van der Waals surface area (Å²) in [5.74, 6) is -0.743. The van der Waals surface area contributed by atoms with Crippen LogP contribution in [-0.2, 0) is 17.8 Å². The smallest absolute Gasteiger partial charge is 0.254 e. The van der Waals surface area contributed by atoms with Gasteiger partial charge in [-0.1, -0.05) is 60.7 Å². The highest BCUT2D eigenvalue weighted by Crippen LogP contribution is 2.27. The van der Waals surface area contributed by atoms with Crippen molar-refractivity contribution in [3.05, 3.63) is 107 Å². The van der Waals surface area contributed by atoms with Gasteiger partial charge in [0.1, 0.15) is 11.9 Å². The zero-order chi connectivity index (χ0) is 27.9. The van der Waals surface area contributed by atoms with E-state index in [1.54, 1.807) is 4.90 Å². The highest BCUT2D eigenvalue weighted by Gasteiger charge is 2.42. The van der Waals surface area contributed by atoms with Crippen LogP contribution < -0.4 is 11.1 Å². The highest BCUT2D eigenvalue weighted by molar-refractivity contribution is 5.98. The van der Waals surface area contributed by atoms with E-state index in [0.29, 0.717) is 18.5 Å². The second kappa shape index (κ2) is 13.2. The standard InChI is InChI=1S/C33H39FN4O2/c34-27-13-11-26(12-14-27)33(40)38-23-30(21-31(38)32(39)36-29-17-15-28(35)16-18-29)37(22-25-9-5-2-6-10-25)20-19-24-7-3-1-4-8-24/h1-14,28-31H,15-23,35H2,(H,36,39). The fourth-order valence-electron chi connectivity index (χ4n) is 6.00. The van der Waals surface area contributed by atoms with Gasteiger partial charge in [0.05, 0.1) is 0 Å². The summed E-state index contributed by atoms with van der Waals surface area (Å²) in [4.78, 5) is 31.5. The molecule has 1 aliphatic carbocycles. The highest BCUT2D eigenvalue weighted by atomic mass is 19.1. The van der Waals surface area contributed by atoms with E-state index in [4.69, 9.17) is 5.73 Å². The first-order chi connectivity index (χ1) is 19.5. The molecule has 210 valence electrons. The molecule has 1 saturated carbocycles. The molecule has 1 aliphatic heterocycles. The Balaban J connectivity index is 1.37. The van der Waals surface area contributed by atoms with Crippen LogP contribution in [0, 0.1) is 5.82 Å². The van der Waals surface area contributed by atoms with Crippen LogP contribution in [0.15, 0.2) is 84.9 Å². The molecule has 1 heterocycles.